The molecule has 2 heterocycles. The topological polar surface area (TPSA) is 59.5 Å². The van der Waals surface area contributed by atoms with Crippen molar-refractivity contribution in [2.45, 2.75) is 12.1 Å². The number of hydrogen-bond donors (Lipinski definition) is 1. The van der Waals surface area contributed by atoms with Crippen molar-refractivity contribution in [1.82, 2.24) is 9.97 Å². The van der Waals surface area contributed by atoms with Gasteiger partial charge in [-0.3, -0.25) is 0 Å². The largest absolute Gasteiger partial charge is 0.377 e. The fourth-order valence-electron chi connectivity index (χ4n) is 1.81. The molecule has 1 aromatic heterocycles. The van der Waals surface area contributed by atoms with Crippen LogP contribution in [0.2, 0.25) is 0 Å². The Morgan fingerprint density at radius 2 is 2.28 bits per heavy atom. The summed E-state index contributed by atoms with van der Waals surface area (Å²) in [5.74, 6) is 0.176. The Hall–Kier alpha value is -1.47. The smallest absolute Gasteiger partial charge is 0.225 e. The maximum absolute atomic E-state index is 13.4. The number of hydrogen-bond acceptors (Lipinski definition) is 6. The van der Waals surface area contributed by atoms with E-state index in [-0.39, 0.29) is 18.0 Å². The Balaban J connectivity index is 2.12. The van der Waals surface area contributed by atoms with E-state index in [2.05, 4.69) is 15.3 Å². The summed E-state index contributed by atoms with van der Waals surface area (Å²) in [6.07, 6.45) is 1.11. The predicted molar refractivity (Wildman–Crippen MR) is 65.3 cm³/mol. The van der Waals surface area contributed by atoms with Crippen molar-refractivity contribution < 1.29 is 13.9 Å². The molecule has 2 atom stereocenters. The number of halogens is 1. The highest BCUT2D eigenvalue weighted by Gasteiger charge is 2.28. The molecule has 0 spiro atoms. The van der Waals surface area contributed by atoms with E-state index in [9.17, 15) is 4.39 Å². The van der Waals surface area contributed by atoms with Crippen molar-refractivity contribution in [2.24, 2.45) is 0 Å². The minimum atomic E-state index is -0.448. The van der Waals surface area contributed by atoms with E-state index in [1.165, 1.54) is 0 Å². The third-order valence-corrected chi connectivity index (χ3v) is 2.79. The monoisotopic (exact) mass is 256 g/mol. The molecule has 2 rings (SSSR count). The van der Waals surface area contributed by atoms with Crippen LogP contribution in [0.25, 0.3) is 0 Å². The summed E-state index contributed by atoms with van der Waals surface area (Å²) >= 11 is 0. The summed E-state index contributed by atoms with van der Waals surface area (Å²) in [4.78, 5) is 9.64. The third-order valence-electron chi connectivity index (χ3n) is 2.79. The standard InChI is InChI=1S/C11H17FN4O2/c1-16(2)10-7(12)4-13-11(15-10)14-8-5-18-6-9(8)17-3/h4,8-9H,5-6H2,1-3H3,(H,13,14,15)/t8-,9-/m0/s1. The number of anilines is 2. The van der Waals surface area contributed by atoms with Gasteiger partial charge in [-0.25, -0.2) is 9.37 Å². The molecule has 0 bridgehead atoms. The Kier molecular flexibility index (Phi) is 3.93. The number of nitrogens with one attached hydrogen (secondary N) is 1. The average Bonchev–Trinajstić information content (AvgIpc) is 2.78. The highest BCUT2D eigenvalue weighted by Crippen LogP contribution is 2.17. The van der Waals surface area contributed by atoms with Gasteiger partial charge in [0.25, 0.3) is 0 Å². The lowest BCUT2D eigenvalue weighted by Gasteiger charge is -2.19. The van der Waals surface area contributed by atoms with Crippen LogP contribution in [0.1, 0.15) is 0 Å². The van der Waals surface area contributed by atoms with E-state index >= 15 is 0 Å². The molecule has 1 aromatic rings. The fraction of sp³-hybridized carbons (Fsp3) is 0.636. The Labute approximate surface area is 105 Å². The molecule has 6 nitrogen and oxygen atoms in total. The first-order valence-corrected chi connectivity index (χ1v) is 5.68. The van der Waals surface area contributed by atoms with Gasteiger partial charge in [0.15, 0.2) is 11.6 Å². The number of rotatable bonds is 4. The van der Waals surface area contributed by atoms with Crippen molar-refractivity contribution >= 4 is 11.8 Å². The van der Waals surface area contributed by atoms with Crippen molar-refractivity contribution in [3.63, 3.8) is 0 Å². The Morgan fingerprint density at radius 3 is 2.94 bits per heavy atom. The fourth-order valence-corrected chi connectivity index (χ4v) is 1.81. The van der Waals surface area contributed by atoms with Crippen molar-refractivity contribution in [3.05, 3.63) is 12.0 Å². The first-order chi connectivity index (χ1) is 8.61. The molecule has 0 amide bonds. The van der Waals surface area contributed by atoms with Gasteiger partial charge in [0.1, 0.15) is 6.10 Å². The van der Waals surface area contributed by atoms with Gasteiger partial charge in [0, 0.05) is 21.2 Å². The van der Waals surface area contributed by atoms with E-state index in [4.69, 9.17) is 9.47 Å². The van der Waals surface area contributed by atoms with Crippen LogP contribution in [0.15, 0.2) is 6.20 Å². The molecule has 0 aromatic carbocycles. The maximum atomic E-state index is 13.4. The van der Waals surface area contributed by atoms with Crippen LogP contribution >= 0.6 is 0 Å². The number of methoxy groups -OCH3 is 1. The first kappa shape index (κ1) is 13.0. The summed E-state index contributed by atoms with van der Waals surface area (Å²) in [5, 5.41) is 3.10. The van der Waals surface area contributed by atoms with Gasteiger partial charge in [0.05, 0.1) is 25.5 Å². The first-order valence-electron chi connectivity index (χ1n) is 5.68. The van der Waals surface area contributed by atoms with Crippen LogP contribution in [-0.2, 0) is 9.47 Å². The predicted octanol–water partition coefficient (Wildman–Crippen LogP) is 0.507. The highest BCUT2D eigenvalue weighted by molar-refractivity contribution is 5.42. The van der Waals surface area contributed by atoms with Gasteiger partial charge in [-0.2, -0.15) is 4.98 Å². The van der Waals surface area contributed by atoms with Crippen LogP contribution < -0.4 is 10.2 Å². The lowest BCUT2D eigenvalue weighted by molar-refractivity contribution is 0.0794. The second kappa shape index (κ2) is 5.45. The molecule has 0 radical (unpaired) electrons. The van der Waals surface area contributed by atoms with E-state index < -0.39 is 5.82 Å². The zero-order valence-corrected chi connectivity index (χ0v) is 10.7. The van der Waals surface area contributed by atoms with Crippen LogP contribution in [-0.4, -0.2) is 56.5 Å². The lowest BCUT2D eigenvalue weighted by Crippen LogP contribution is -2.34. The van der Waals surface area contributed by atoms with Crippen molar-refractivity contribution in [2.75, 3.05) is 44.6 Å². The van der Waals surface area contributed by atoms with Crippen LogP contribution in [0.4, 0.5) is 16.2 Å². The quantitative estimate of drug-likeness (QED) is 0.847. The molecule has 100 valence electrons. The van der Waals surface area contributed by atoms with Gasteiger partial charge in [-0.15, -0.1) is 0 Å². The highest BCUT2D eigenvalue weighted by atomic mass is 19.1. The third kappa shape index (κ3) is 2.68. The molecule has 7 heteroatoms. The number of nitrogens with zero attached hydrogens (tertiary/aromatic N) is 3. The second-order valence-electron chi connectivity index (χ2n) is 4.32. The summed E-state index contributed by atoms with van der Waals surface area (Å²) in [6, 6.07) is -0.0181. The molecule has 18 heavy (non-hydrogen) atoms. The molecule has 1 aliphatic heterocycles. The van der Waals surface area contributed by atoms with Gasteiger partial charge in [-0.1, -0.05) is 0 Å². The number of aromatic nitrogens is 2. The molecule has 1 saturated heterocycles. The second-order valence-corrected chi connectivity index (χ2v) is 4.32. The summed E-state index contributed by atoms with van der Waals surface area (Å²) < 4.78 is 24.0. The van der Waals surface area contributed by atoms with E-state index in [0.29, 0.717) is 19.2 Å². The van der Waals surface area contributed by atoms with Gasteiger partial charge < -0.3 is 19.7 Å². The Morgan fingerprint density at radius 1 is 1.50 bits per heavy atom. The minimum absolute atomic E-state index is 0.0181. The Bertz CT molecular complexity index is 416. The normalized spacial score (nSPS) is 23.1. The molecule has 1 fully saturated rings. The van der Waals surface area contributed by atoms with Crippen LogP contribution in [0.5, 0.6) is 0 Å². The maximum Gasteiger partial charge on any atom is 0.225 e. The molecule has 1 N–H and O–H groups in total. The van der Waals surface area contributed by atoms with E-state index in [0.717, 1.165) is 6.20 Å². The van der Waals surface area contributed by atoms with Crippen LogP contribution in [0, 0.1) is 5.82 Å². The van der Waals surface area contributed by atoms with Gasteiger partial charge >= 0.3 is 0 Å². The van der Waals surface area contributed by atoms with Crippen molar-refractivity contribution in [1.29, 1.82) is 0 Å². The van der Waals surface area contributed by atoms with E-state index in [1.54, 1.807) is 26.1 Å². The molecular weight excluding hydrogens is 239 g/mol. The van der Waals surface area contributed by atoms with E-state index in [1.807, 2.05) is 0 Å². The average molecular weight is 256 g/mol. The van der Waals surface area contributed by atoms with Crippen LogP contribution in [0.3, 0.4) is 0 Å². The molecule has 1 aliphatic rings. The summed E-state index contributed by atoms with van der Waals surface area (Å²) in [6.45, 7) is 1.06. The molecular formula is C11H17FN4O2. The molecule has 0 saturated carbocycles. The molecule has 0 unspecified atom stereocenters. The summed E-state index contributed by atoms with van der Waals surface area (Å²) in [5.41, 5.74) is 0. The lowest BCUT2D eigenvalue weighted by atomic mass is 10.2. The minimum Gasteiger partial charge on any atom is -0.377 e. The summed E-state index contributed by atoms with van der Waals surface area (Å²) in [7, 11) is 5.09. The van der Waals surface area contributed by atoms with Gasteiger partial charge in [0.2, 0.25) is 5.95 Å². The SMILES string of the molecule is CO[C@H]1COC[C@@H]1Nc1ncc(F)c(N(C)C)n1. The number of ether oxygens (including phenoxy) is 2. The van der Waals surface area contributed by atoms with Crippen molar-refractivity contribution in [3.8, 4) is 0 Å². The zero-order valence-electron chi connectivity index (χ0n) is 10.7. The zero-order chi connectivity index (χ0) is 13.1. The molecule has 0 aliphatic carbocycles. The van der Waals surface area contributed by atoms with Gasteiger partial charge in [-0.05, 0) is 0 Å².